The Morgan fingerprint density at radius 3 is 2.61 bits per heavy atom. The van der Waals surface area contributed by atoms with Crippen LogP contribution in [-0.4, -0.2) is 20.3 Å². The molecule has 0 unspecified atom stereocenters. The van der Waals surface area contributed by atoms with Gasteiger partial charge in [0.2, 0.25) is 0 Å². The Balaban J connectivity index is 1.46. The van der Waals surface area contributed by atoms with Crippen molar-refractivity contribution in [2.75, 3.05) is 0 Å². The Morgan fingerprint density at radius 2 is 1.79 bits per heavy atom. The van der Waals surface area contributed by atoms with Gasteiger partial charge in [-0.3, -0.25) is 9.78 Å². The Morgan fingerprint density at radius 1 is 0.970 bits per heavy atom. The summed E-state index contributed by atoms with van der Waals surface area (Å²) in [6, 6.07) is 23.2. The fourth-order valence-electron chi connectivity index (χ4n) is 3.91. The van der Waals surface area contributed by atoms with Crippen LogP contribution in [0.15, 0.2) is 91.4 Å². The molecule has 0 saturated heterocycles. The van der Waals surface area contributed by atoms with E-state index in [9.17, 15) is 4.79 Å². The van der Waals surface area contributed by atoms with E-state index in [1.807, 2.05) is 97.5 Å². The number of aromatic nitrogens is 3. The topological polar surface area (TPSA) is 57.0 Å². The summed E-state index contributed by atoms with van der Waals surface area (Å²) in [7, 11) is 1.97. The monoisotopic (exact) mass is 433 g/mol. The number of pyridine rings is 2. The quantitative estimate of drug-likeness (QED) is 0.301. The maximum Gasteiger partial charge on any atom is 0.167 e. The third kappa shape index (κ3) is 4.39. The number of ketones is 1. The SMILES string of the molecule is Cc1cccc(C(=O)Cc2cccc(Oc3cc(-c4ccncc4)nc4c3ccn4C)c2)c1. The van der Waals surface area contributed by atoms with Gasteiger partial charge in [0.15, 0.2) is 5.78 Å². The lowest BCUT2D eigenvalue weighted by molar-refractivity contribution is 0.0993. The Kier molecular flexibility index (Phi) is 5.45. The van der Waals surface area contributed by atoms with E-state index in [1.54, 1.807) is 12.4 Å². The van der Waals surface area contributed by atoms with Crippen molar-refractivity contribution in [2.24, 2.45) is 7.05 Å². The molecule has 0 bridgehead atoms. The molecule has 0 N–H and O–H groups in total. The second-order valence-electron chi connectivity index (χ2n) is 8.12. The lowest BCUT2D eigenvalue weighted by atomic mass is 10.0. The van der Waals surface area contributed by atoms with Gasteiger partial charge in [-0.1, -0.05) is 35.9 Å². The van der Waals surface area contributed by atoms with Gasteiger partial charge in [0.25, 0.3) is 0 Å². The highest BCUT2D eigenvalue weighted by Crippen LogP contribution is 2.34. The molecule has 0 amide bonds. The van der Waals surface area contributed by atoms with Crippen molar-refractivity contribution in [3.63, 3.8) is 0 Å². The fraction of sp³-hybridized carbons (Fsp3) is 0.107. The Labute approximate surface area is 192 Å². The number of hydrogen-bond donors (Lipinski definition) is 0. The lowest BCUT2D eigenvalue weighted by Gasteiger charge is -2.11. The van der Waals surface area contributed by atoms with Crippen molar-refractivity contribution in [3.8, 4) is 22.8 Å². The molecule has 0 spiro atoms. The van der Waals surface area contributed by atoms with Crippen LogP contribution in [0.3, 0.4) is 0 Å². The molecule has 0 atom stereocenters. The van der Waals surface area contributed by atoms with E-state index in [0.717, 1.165) is 44.7 Å². The number of benzene rings is 2. The minimum atomic E-state index is 0.0881. The maximum absolute atomic E-state index is 12.8. The molecule has 3 aromatic heterocycles. The predicted octanol–water partition coefficient (Wildman–Crippen LogP) is 6.16. The smallest absolute Gasteiger partial charge is 0.167 e. The van der Waals surface area contributed by atoms with Crippen molar-refractivity contribution < 1.29 is 9.53 Å². The number of hydrogen-bond acceptors (Lipinski definition) is 4. The molecule has 5 rings (SSSR count). The first-order chi connectivity index (χ1) is 16.1. The van der Waals surface area contributed by atoms with Crippen LogP contribution in [0.1, 0.15) is 21.5 Å². The van der Waals surface area contributed by atoms with Gasteiger partial charge < -0.3 is 9.30 Å². The van der Waals surface area contributed by atoms with E-state index in [1.165, 1.54) is 0 Å². The average molecular weight is 434 g/mol. The summed E-state index contributed by atoms with van der Waals surface area (Å²) in [5.74, 6) is 1.49. The van der Waals surface area contributed by atoms with E-state index in [2.05, 4.69) is 4.98 Å². The zero-order valence-electron chi connectivity index (χ0n) is 18.5. The summed E-state index contributed by atoms with van der Waals surface area (Å²) in [5.41, 5.74) is 5.33. The van der Waals surface area contributed by atoms with Gasteiger partial charge in [-0.2, -0.15) is 0 Å². The minimum Gasteiger partial charge on any atom is -0.457 e. The number of fused-ring (bicyclic) bond motifs is 1. The van der Waals surface area contributed by atoms with E-state index in [4.69, 9.17) is 9.72 Å². The first-order valence-electron chi connectivity index (χ1n) is 10.8. The molecule has 3 heterocycles. The van der Waals surface area contributed by atoms with Crippen LogP contribution in [0, 0.1) is 6.92 Å². The normalized spacial score (nSPS) is 11.0. The zero-order chi connectivity index (χ0) is 22.8. The molecule has 0 aliphatic heterocycles. The molecule has 5 heteroatoms. The van der Waals surface area contributed by atoms with Gasteiger partial charge in [0.05, 0.1) is 11.1 Å². The molecule has 0 aliphatic carbocycles. The second kappa shape index (κ2) is 8.71. The highest BCUT2D eigenvalue weighted by atomic mass is 16.5. The first-order valence-corrected chi connectivity index (χ1v) is 10.8. The van der Waals surface area contributed by atoms with E-state index in [-0.39, 0.29) is 5.78 Å². The third-order valence-electron chi connectivity index (χ3n) is 5.61. The number of carbonyl (C=O) groups excluding carboxylic acids is 1. The van der Waals surface area contributed by atoms with E-state index < -0.39 is 0 Å². The molecule has 33 heavy (non-hydrogen) atoms. The second-order valence-corrected chi connectivity index (χ2v) is 8.12. The molecule has 2 aromatic carbocycles. The number of aryl methyl sites for hydroxylation is 2. The molecule has 0 fully saturated rings. The van der Waals surface area contributed by atoms with Crippen LogP contribution < -0.4 is 4.74 Å². The van der Waals surface area contributed by atoms with Gasteiger partial charge in [-0.25, -0.2) is 4.98 Å². The van der Waals surface area contributed by atoms with Gasteiger partial charge in [0, 0.05) is 49.3 Å². The molecular weight excluding hydrogens is 410 g/mol. The minimum absolute atomic E-state index is 0.0881. The lowest BCUT2D eigenvalue weighted by Crippen LogP contribution is -2.03. The molecular formula is C28H23N3O2. The summed E-state index contributed by atoms with van der Waals surface area (Å²) >= 11 is 0. The number of ether oxygens (including phenoxy) is 1. The third-order valence-corrected chi connectivity index (χ3v) is 5.61. The summed E-state index contributed by atoms with van der Waals surface area (Å²) in [5, 5.41) is 0.927. The van der Waals surface area contributed by atoms with Gasteiger partial charge in [-0.15, -0.1) is 0 Å². The Hall–Kier alpha value is -4.25. The van der Waals surface area contributed by atoms with Crippen molar-refractivity contribution in [2.45, 2.75) is 13.3 Å². The Bertz CT molecular complexity index is 1460. The molecule has 0 saturated carbocycles. The molecule has 0 radical (unpaired) electrons. The van der Waals surface area contributed by atoms with Gasteiger partial charge >= 0.3 is 0 Å². The van der Waals surface area contributed by atoms with Crippen molar-refractivity contribution in [3.05, 3.63) is 108 Å². The van der Waals surface area contributed by atoms with Crippen molar-refractivity contribution >= 4 is 16.8 Å². The standard InChI is InChI=1S/C28H23N3O2/c1-19-5-3-7-22(15-19)26(32)17-20-6-4-8-23(16-20)33-27-18-25(21-9-12-29-13-10-21)30-28-24(27)11-14-31(28)2/h3-16,18H,17H2,1-2H3. The summed E-state index contributed by atoms with van der Waals surface area (Å²) in [4.78, 5) is 21.7. The number of rotatable bonds is 6. The van der Waals surface area contributed by atoms with Crippen molar-refractivity contribution in [1.82, 2.24) is 14.5 Å². The predicted molar refractivity (Wildman–Crippen MR) is 130 cm³/mol. The summed E-state index contributed by atoms with van der Waals surface area (Å²) in [6.07, 6.45) is 5.79. The fourth-order valence-corrected chi connectivity index (χ4v) is 3.91. The van der Waals surface area contributed by atoms with E-state index >= 15 is 0 Å². The van der Waals surface area contributed by atoms with Crippen LogP contribution in [-0.2, 0) is 13.5 Å². The highest BCUT2D eigenvalue weighted by Gasteiger charge is 2.13. The van der Waals surface area contributed by atoms with E-state index in [0.29, 0.717) is 12.2 Å². The summed E-state index contributed by atoms with van der Waals surface area (Å²) < 4.78 is 8.31. The van der Waals surface area contributed by atoms with Crippen LogP contribution in [0.4, 0.5) is 0 Å². The van der Waals surface area contributed by atoms with Crippen LogP contribution in [0.2, 0.25) is 0 Å². The highest BCUT2D eigenvalue weighted by molar-refractivity contribution is 5.97. The summed E-state index contributed by atoms with van der Waals surface area (Å²) in [6.45, 7) is 1.99. The van der Waals surface area contributed by atoms with Gasteiger partial charge in [0.1, 0.15) is 17.1 Å². The zero-order valence-corrected chi connectivity index (χ0v) is 18.5. The number of Topliss-reactive ketones (excluding diaryl/α,β-unsaturated/α-hetero) is 1. The van der Waals surface area contributed by atoms with Gasteiger partial charge in [-0.05, 0) is 48.9 Å². The van der Waals surface area contributed by atoms with Crippen LogP contribution in [0.25, 0.3) is 22.3 Å². The average Bonchev–Trinajstić information content (AvgIpc) is 3.21. The molecule has 5 aromatic rings. The first kappa shape index (κ1) is 20.6. The molecule has 162 valence electrons. The van der Waals surface area contributed by atoms with Crippen LogP contribution in [0.5, 0.6) is 11.5 Å². The number of nitrogens with zero attached hydrogens (tertiary/aromatic N) is 3. The van der Waals surface area contributed by atoms with Crippen LogP contribution >= 0.6 is 0 Å². The largest absolute Gasteiger partial charge is 0.457 e. The van der Waals surface area contributed by atoms with Crippen molar-refractivity contribution in [1.29, 1.82) is 0 Å². The molecule has 0 aliphatic rings. The number of carbonyl (C=O) groups is 1. The maximum atomic E-state index is 12.8. The molecule has 5 nitrogen and oxygen atoms in total.